The highest BCUT2D eigenvalue weighted by molar-refractivity contribution is 5.85. The Hall–Kier alpha value is -1.39. The number of allylic oxidation sites excluding steroid dienone is 3. The first-order chi connectivity index (χ1) is 18.4. The normalized spacial score (nSPS) is 38.4. The molecule has 0 spiro atoms. The second-order valence-corrected chi connectivity index (χ2v) is 14.7. The van der Waals surface area contributed by atoms with Crippen LogP contribution >= 0.6 is 0 Å². The van der Waals surface area contributed by atoms with E-state index in [1.807, 2.05) is 27.2 Å². The first-order valence-electron chi connectivity index (χ1n) is 16.2. The quantitative estimate of drug-likeness (QED) is 0.170. The van der Waals surface area contributed by atoms with Crippen LogP contribution in [0.15, 0.2) is 42.1 Å². The van der Waals surface area contributed by atoms with Crippen molar-refractivity contribution in [3.63, 3.8) is 0 Å². The lowest BCUT2D eigenvalue weighted by molar-refractivity contribution is -0.909. The second-order valence-electron chi connectivity index (χ2n) is 14.7. The third-order valence-corrected chi connectivity index (χ3v) is 11.3. The summed E-state index contributed by atoms with van der Waals surface area (Å²) < 4.78 is 0.726. The molecule has 0 radical (unpaired) electrons. The highest BCUT2D eigenvalue weighted by Gasteiger charge is 2.58. The van der Waals surface area contributed by atoms with E-state index in [-0.39, 0.29) is 7.43 Å². The summed E-state index contributed by atoms with van der Waals surface area (Å²) in [6.07, 6.45) is 19.6. The summed E-state index contributed by atoms with van der Waals surface area (Å²) in [5.74, 6) is 4.21. The maximum atomic E-state index is 5.20. The zero-order valence-electron chi connectivity index (χ0n) is 27.0. The van der Waals surface area contributed by atoms with Crippen LogP contribution in [0.3, 0.4) is 0 Å². The molecule has 4 rings (SSSR count). The minimum absolute atomic E-state index is 0. The molecule has 4 nitrogen and oxygen atoms in total. The molecular formula is C36H67N4+. The van der Waals surface area contributed by atoms with Crippen molar-refractivity contribution < 1.29 is 4.59 Å². The molecular weight excluding hydrogens is 488 g/mol. The van der Waals surface area contributed by atoms with Crippen LogP contribution in [-0.2, 0) is 0 Å². The van der Waals surface area contributed by atoms with Crippen molar-refractivity contribution in [2.75, 3.05) is 34.2 Å². The Kier molecular flexibility index (Phi) is 12.8. The summed E-state index contributed by atoms with van der Waals surface area (Å²) in [4.78, 5) is 5.20. The molecule has 8 atom stereocenters. The third kappa shape index (κ3) is 7.71. The lowest BCUT2D eigenvalue weighted by Crippen LogP contribution is -2.50. The zero-order valence-corrected chi connectivity index (χ0v) is 27.0. The van der Waals surface area contributed by atoms with Crippen molar-refractivity contribution >= 4 is 5.71 Å². The van der Waals surface area contributed by atoms with Gasteiger partial charge in [-0.05, 0) is 106 Å². The molecule has 3 saturated carbocycles. The van der Waals surface area contributed by atoms with Gasteiger partial charge in [-0.2, -0.15) is 0 Å². The molecule has 2 N–H and O–H groups in total. The van der Waals surface area contributed by atoms with Gasteiger partial charge in [0.1, 0.15) is 0 Å². The summed E-state index contributed by atoms with van der Waals surface area (Å²) in [5.41, 5.74) is 7.01. The van der Waals surface area contributed by atoms with Crippen molar-refractivity contribution in [2.45, 2.75) is 112 Å². The van der Waals surface area contributed by atoms with E-state index in [1.54, 1.807) is 11.8 Å². The van der Waals surface area contributed by atoms with Gasteiger partial charge in [0.2, 0.25) is 0 Å². The van der Waals surface area contributed by atoms with Crippen LogP contribution in [-0.4, -0.2) is 50.6 Å². The molecule has 0 bridgehead atoms. The number of hydrogen-bond donors (Lipinski definition) is 2. The van der Waals surface area contributed by atoms with Gasteiger partial charge in [0.25, 0.3) is 0 Å². The molecule has 3 aliphatic carbocycles. The van der Waals surface area contributed by atoms with Crippen LogP contribution in [0.5, 0.6) is 0 Å². The molecule has 8 unspecified atom stereocenters. The molecule has 4 heteroatoms. The summed E-state index contributed by atoms with van der Waals surface area (Å²) in [7, 11) is 6.09. The molecule has 230 valence electrons. The molecule has 1 aliphatic heterocycles. The molecule has 4 aliphatic rings. The number of rotatable bonds is 9. The van der Waals surface area contributed by atoms with E-state index in [2.05, 4.69) is 64.6 Å². The molecule has 0 aromatic carbocycles. The van der Waals surface area contributed by atoms with Gasteiger partial charge in [0.15, 0.2) is 0 Å². The SMILES string of the molecule is C.C=C/C=C1/CCC2C(CCC3(C)C(C(C)=NCCC4NCCC4C)CCC23)C1(C)CCC.C=CN[N+](C)(C)C. The van der Waals surface area contributed by atoms with Gasteiger partial charge in [-0.15, -0.1) is 0 Å². The van der Waals surface area contributed by atoms with Gasteiger partial charge in [0.05, 0.1) is 21.1 Å². The van der Waals surface area contributed by atoms with E-state index in [4.69, 9.17) is 4.99 Å². The highest BCUT2D eigenvalue weighted by Crippen LogP contribution is 2.66. The number of nitrogens with zero attached hydrogens (tertiary/aromatic N) is 2. The van der Waals surface area contributed by atoms with Crippen LogP contribution in [0.1, 0.15) is 106 Å². The smallest absolute Gasteiger partial charge is 0.0901 e. The van der Waals surface area contributed by atoms with Crippen molar-refractivity contribution in [3.8, 4) is 0 Å². The van der Waals surface area contributed by atoms with Gasteiger partial charge in [-0.25, -0.2) is 10.0 Å². The van der Waals surface area contributed by atoms with Crippen molar-refractivity contribution in [1.82, 2.24) is 10.7 Å². The monoisotopic (exact) mass is 556 g/mol. The van der Waals surface area contributed by atoms with E-state index in [1.165, 1.54) is 76.5 Å². The van der Waals surface area contributed by atoms with E-state index >= 15 is 0 Å². The van der Waals surface area contributed by atoms with Gasteiger partial charge in [-0.1, -0.05) is 72.4 Å². The van der Waals surface area contributed by atoms with E-state index < -0.39 is 0 Å². The Morgan fingerprint density at radius 3 is 2.38 bits per heavy atom. The first kappa shape index (κ1) is 34.8. The van der Waals surface area contributed by atoms with Crippen molar-refractivity contribution in [1.29, 1.82) is 0 Å². The van der Waals surface area contributed by atoms with E-state index in [0.717, 1.165) is 34.8 Å². The largest absolute Gasteiger partial charge is 0.314 e. The number of fused-ring (bicyclic) bond motifs is 3. The summed E-state index contributed by atoms with van der Waals surface area (Å²) in [6.45, 7) is 22.2. The van der Waals surface area contributed by atoms with Crippen LogP contribution in [0.4, 0.5) is 0 Å². The predicted molar refractivity (Wildman–Crippen MR) is 177 cm³/mol. The zero-order chi connectivity index (χ0) is 28.8. The van der Waals surface area contributed by atoms with Crippen LogP contribution < -0.4 is 10.7 Å². The van der Waals surface area contributed by atoms with Gasteiger partial charge >= 0.3 is 0 Å². The Labute approximate surface area is 249 Å². The third-order valence-electron chi connectivity index (χ3n) is 11.3. The second kappa shape index (κ2) is 14.7. The molecule has 1 heterocycles. The highest BCUT2D eigenvalue weighted by atomic mass is 15.6. The van der Waals surface area contributed by atoms with Gasteiger partial charge in [0, 0.05) is 30.4 Å². The van der Waals surface area contributed by atoms with Crippen LogP contribution in [0.25, 0.3) is 0 Å². The molecule has 4 fully saturated rings. The molecule has 0 aromatic heterocycles. The van der Waals surface area contributed by atoms with Crippen molar-refractivity contribution in [3.05, 3.63) is 37.1 Å². The Balaban J connectivity index is 0.000000623. The maximum absolute atomic E-state index is 5.20. The average molecular weight is 556 g/mol. The van der Waals surface area contributed by atoms with E-state index in [9.17, 15) is 0 Å². The van der Waals surface area contributed by atoms with Crippen LogP contribution in [0, 0.1) is 40.4 Å². The van der Waals surface area contributed by atoms with E-state index in [0.29, 0.717) is 22.8 Å². The Morgan fingerprint density at radius 1 is 1.10 bits per heavy atom. The fourth-order valence-corrected chi connectivity index (χ4v) is 9.34. The minimum atomic E-state index is 0. The predicted octanol–water partition coefficient (Wildman–Crippen LogP) is 8.58. The number of hydrogen-bond acceptors (Lipinski definition) is 3. The molecule has 0 aromatic rings. The Bertz CT molecular complexity index is 882. The lowest BCUT2D eigenvalue weighted by Gasteiger charge is -2.57. The number of quaternary nitrogens is 1. The molecule has 1 saturated heterocycles. The minimum Gasteiger partial charge on any atom is -0.314 e. The first-order valence-corrected chi connectivity index (χ1v) is 16.2. The average Bonchev–Trinajstić information content (AvgIpc) is 3.43. The van der Waals surface area contributed by atoms with Gasteiger partial charge < -0.3 is 5.32 Å². The number of aliphatic imine (C=N–C) groups is 1. The fraction of sp³-hybridized carbons (Fsp3) is 0.806. The van der Waals surface area contributed by atoms with Crippen molar-refractivity contribution in [2.24, 2.45) is 45.4 Å². The standard InChI is InChI=1S/C30H50N2.C5H13N2.CH4/c1-7-9-23-10-11-24-26-13-12-25(22(4)31-20-16-28-21(3)15-19-32-28)30(26,6)18-14-27(24)29(23,5)17-8-2;1-5-6-7(2,3)4;/h7,9,21,24-28,32H,1,8,10-20H2,2-6H3;5-6H,1H2,2-4H3;1H4/q;+1;/b23-9-,31-22?;;. The number of nitrogens with one attached hydrogen (secondary N) is 2. The molecule has 0 amide bonds. The van der Waals surface area contributed by atoms with Crippen LogP contribution in [0.2, 0.25) is 0 Å². The topological polar surface area (TPSA) is 36.4 Å². The summed E-state index contributed by atoms with van der Waals surface area (Å²) in [5, 5.41) is 3.68. The fourth-order valence-electron chi connectivity index (χ4n) is 9.34. The lowest BCUT2D eigenvalue weighted by atomic mass is 9.47. The Morgan fingerprint density at radius 2 is 1.82 bits per heavy atom. The van der Waals surface area contributed by atoms with Gasteiger partial charge in [-0.3, -0.25) is 4.99 Å². The maximum Gasteiger partial charge on any atom is 0.0901 e. The summed E-state index contributed by atoms with van der Waals surface area (Å²) in [6, 6.07) is 0.685. The molecule has 40 heavy (non-hydrogen) atoms. The summed E-state index contributed by atoms with van der Waals surface area (Å²) >= 11 is 0.